The number of benzene rings is 1. The molecule has 1 aromatic carbocycles. The molecular weight excluding hydrogens is 178 g/mol. The number of nitrogen functional groups attached to an aromatic ring is 1. The molecule has 0 saturated carbocycles. The van der Waals surface area contributed by atoms with Crippen molar-refractivity contribution in [2.75, 3.05) is 24.1 Å². The van der Waals surface area contributed by atoms with Gasteiger partial charge in [0.1, 0.15) is 0 Å². The van der Waals surface area contributed by atoms with E-state index in [0.717, 1.165) is 5.69 Å². The number of carbonyl (C=O) groups excluding carboxylic acids is 1. The quantitative estimate of drug-likeness (QED) is 0.620. The summed E-state index contributed by atoms with van der Waals surface area (Å²) in [4.78, 5) is 11.1. The third-order valence-electron chi connectivity index (χ3n) is 1.71. The number of anilines is 2. The number of likely N-dealkylation sites (N-methyl/N-ethyl adjacent to an activating group) is 1. The highest BCUT2D eigenvalue weighted by Crippen LogP contribution is 2.10. The van der Waals surface area contributed by atoms with Crippen LogP contribution < -0.4 is 16.4 Å². The van der Waals surface area contributed by atoms with E-state index in [-0.39, 0.29) is 12.5 Å². The Morgan fingerprint density at radius 3 is 2.93 bits per heavy atom. The van der Waals surface area contributed by atoms with Crippen molar-refractivity contribution in [3.05, 3.63) is 24.3 Å². The lowest BCUT2D eigenvalue weighted by atomic mass is 10.3. The second kappa shape index (κ2) is 5.11. The largest absolute Gasteiger partial charge is 0.399 e. The molecule has 76 valence electrons. The molecule has 4 heteroatoms. The molecule has 1 aromatic rings. The molecule has 1 amide bonds. The van der Waals surface area contributed by atoms with E-state index in [2.05, 4.69) is 10.6 Å². The van der Waals surface area contributed by atoms with Crippen LogP contribution in [0.15, 0.2) is 24.3 Å². The van der Waals surface area contributed by atoms with Gasteiger partial charge in [0.05, 0.1) is 6.54 Å². The molecule has 0 aliphatic rings. The summed E-state index contributed by atoms with van der Waals surface area (Å²) in [5.74, 6) is -0.0186. The molecule has 0 fully saturated rings. The van der Waals surface area contributed by atoms with E-state index in [0.29, 0.717) is 12.2 Å². The molecule has 14 heavy (non-hydrogen) atoms. The summed E-state index contributed by atoms with van der Waals surface area (Å²) in [7, 11) is 0. The summed E-state index contributed by atoms with van der Waals surface area (Å²) >= 11 is 0. The smallest absolute Gasteiger partial charge is 0.239 e. The van der Waals surface area contributed by atoms with Crippen LogP contribution in [-0.4, -0.2) is 19.0 Å². The van der Waals surface area contributed by atoms with Gasteiger partial charge in [0.2, 0.25) is 5.91 Å². The van der Waals surface area contributed by atoms with E-state index in [1.807, 2.05) is 19.1 Å². The van der Waals surface area contributed by atoms with Crippen LogP contribution in [0.3, 0.4) is 0 Å². The third kappa shape index (κ3) is 3.35. The minimum absolute atomic E-state index is 0.0186. The average molecular weight is 193 g/mol. The van der Waals surface area contributed by atoms with Gasteiger partial charge in [0.25, 0.3) is 0 Å². The molecular formula is C10H15N3O. The van der Waals surface area contributed by atoms with Crippen molar-refractivity contribution in [3.63, 3.8) is 0 Å². The van der Waals surface area contributed by atoms with Crippen molar-refractivity contribution in [1.82, 2.24) is 5.32 Å². The Kier molecular flexibility index (Phi) is 3.79. The van der Waals surface area contributed by atoms with Crippen LogP contribution in [-0.2, 0) is 4.79 Å². The molecule has 0 aliphatic carbocycles. The van der Waals surface area contributed by atoms with Crippen molar-refractivity contribution in [3.8, 4) is 0 Å². The molecule has 0 aromatic heterocycles. The number of nitrogens with one attached hydrogen (secondary N) is 2. The van der Waals surface area contributed by atoms with Crippen LogP contribution >= 0.6 is 0 Å². The zero-order chi connectivity index (χ0) is 10.4. The van der Waals surface area contributed by atoms with E-state index in [9.17, 15) is 4.79 Å². The predicted molar refractivity (Wildman–Crippen MR) is 58.0 cm³/mol. The molecule has 0 unspecified atom stereocenters. The average Bonchev–Trinajstić information content (AvgIpc) is 2.15. The van der Waals surface area contributed by atoms with Crippen LogP contribution in [0.25, 0.3) is 0 Å². The van der Waals surface area contributed by atoms with Gasteiger partial charge in [-0.25, -0.2) is 0 Å². The van der Waals surface area contributed by atoms with Crippen LogP contribution in [0.4, 0.5) is 11.4 Å². The summed E-state index contributed by atoms with van der Waals surface area (Å²) in [6.45, 7) is 2.81. The van der Waals surface area contributed by atoms with Gasteiger partial charge in [-0.1, -0.05) is 6.07 Å². The maximum Gasteiger partial charge on any atom is 0.239 e. The first-order valence-electron chi connectivity index (χ1n) is 4.58. The van der Waals surface area contributed by atoms with Crippen LogP contribution in [0.5, 0.6) is 0 Å². The second-order valence-corrected chi connectivity index (χ2v) is 2.93. The Bertz CT molecular complexity index is 312. The summed E-state index contributed by atoms with van der Waals surface area (Å²) in [6, 6.07) is 7.31. The number of hydrogen-bond acceptors (Lipinski definition) is 3. The van der Waals surface area contributed by atoms with E-state index in [4.69, 9.17) is 5.73 Å². The summed E-state index contributed by atoms with van der Waals surface area (Å²) in [5, 5.41) is 5.68. The zero-order valence-corrected chi connectivity index (χ0v) is 8.21. The molecule has 4 N–H and O–H groups in total. The Morgan fingerprint density at radius 2 is 2.29 bits per heavy atom. The van der Waals surface area contributed by atoms with E-state index in [1.54, 1.807) is 12.1 Å². The maximum absolute atomic E-state index is 11.1. The van der Waals surface area contributed by atoms with Crippen molar-refractivity contribution in [2.24, 2.45) is 0 Å². The number of hydrogen-bond donors (Lipinski definition) is 3. The van der Waals surface area contributed by atoms with E-state index < -0.39 is 0 Å². The standard InChI is InChI=1S/C10H15N3O/c1-2-12-10(14)7-13-9-5-3-4-8(11)6-9/h3-6,13H,2,7,11H2,1H3,(H,12,14). The van der Waals surface area contributed by atoms with Gasteiger partial charge < -0.3 is 16.4 Å². The van der Waals surface area contributed by atoms with Crippen molar-refractivity contribution < 1.29 is 4.79 Å². The lowest BCUT2D eigenvalue weighted by Crippen LogP contribution is -2.29. The second-order valence-electron chi connectivity index (χ2n) is 2.93. The molecule has 4 nitrogen and oxygen atoms in total. The highest BCUT2D eigenvalue weighted by atomic mass is 16.1. The predicted octanol–water partition coefficient (Wildman–Crippen LogP) is 0.817. The fraction of sp³-hybridized carbons (Fsp3) is 0.300. The van der Waals surface area contributed by atoms with Crippen molar-refractivity contribution >= 4 is 17.3 Å². The molecule has 0 aliphatic heterocycles. The number of nitrogens with two attached hydrogens (primary N) is 1. The van der Waals surface area contributed by atoms with Gasteiger partial charge in [-0.2, -0.15) is 0 Å². The van der Waals surface area contributed by atoms with Gasteiger partial charge >= 0.3 is 0 Å². The normalized spacial score (nSPS) is 9.50. The molecule has 0 spiro atoms. The van der Waals surface area contributed by atoms with Gasteiger partial charge in [-0.3, -0.25) is 4.79 Å². The Hall–Kier alpha value is -1.71. The lowest BCUT2D eigenvalue weighted by Gasteiger charge is -2.06. The van der Waals surface area contributed by atoms with Crippen molar-refractivity contribution in [1.29, 1.82) is 0 Å². The Morgan fingerprint density at radius 1 is 1.50 bits per heavy atom. The molecule has 1 rings (SSSR count). The minimum atomic E-state index is -0.0186. The molecule has 0 radical (unpaired) electrons. The fourth-order valence-corrected chi connectivity index (χ4v) is 1.09. The molecule has 0 heterocycles. The minimum Gasteiger partial charge on any atom is -0.399 e. The highest BCUT2D eigenvalue weighted by molar-refractivity contribution is 5.80. The maximum atomic E-state index is 11.1. The zero-order valence-electron chi connectivity index (χ0n) is 8.21. The van der Waals surface area contributed by atoms with Gasteiger partial charge in [0.15, 0.2) is 0 Å². The van der Waals surface area contributed by atoms with Crippen LogP contribution in [0.1, 0.15) is 6.92 Å². The first kappa shape index (κ1) is 10.4. The third-order valence-corrected chi connectivity index (χ3v) is 1.71. The van der Waals surface area contributed by atoms with Crippen LogP contribution in [0, 0.1) is 0 Å². The Balaban J connectivity index is 2.41. The number of carbonyl (C=O) groups is 1. The van der Waals surface area contributed by atoms with Gasteiger partial charge in [-0.05, 0) is 25.1 Å². The van der Waals surface area contributed by atoms with Gasteiger partial charge in [-0.15, -0.1) is 0 Å². The van der Waals surface area contributed by atoms with Gasteiger partial charge in [0, 0.05) is 17.9 Å². The lowest BCUT2D eigenvalue weighted by molar-refractivity contribution is -0.119. The first-order chi connectivity index (χ1) is 6.72. The SMILES string of the molecule is CCNC(=O)CNc1cccc(N)c1. The molecule has 0 saturated heterocycles. The van der Waals surface area contributed by atoms with Crippen LogP contribution in [0.2, 0.25) is 0 Å². The number of rotatable bonds is 4. The monoisotopic (exact) mass is 193 g/mol. The number of amides is 1. The summed E-state index contributed by atoms with van der Waals surface area (Å²) in [6.07, 6.45) is 0. The van der Waals surface area contributed by atoms with E-state index in [1.165, 1.54) is 0 Å². The Labute approximate surface area is 83.5 Å². The summed E-state index contributed by atoms with van der Waals surface area (Å²) < 4.78 is 0. The molecule has 0 atom stereocenters. The van der Waals surface area contributed by atoms with E-state index >= 15 is 0 Å². The van der Waals surface area contributed by atoms with Crippen molar-refractivity contribution in [2.45, 2.75) is 6.92 Å². The molecule has 0 bridgehead atoms. The summed E-state index contributed by atoms with van der Waals surface area (Å²) in [5.41, 5.74) is 7.13. The first-order valence-corrected chi connectivity index (χ1v) is 4.58. The fourth-order valence-electron chi connectivity index (χ4n) is 1.09. The highest BCUT2D eigenvalue weighted by Gasteiger charge is 1.98. The topological polar surface area (TPSA) is 67.2 Å².